The van der Waals surface area contributed by atoms with E-state index in [1.165, 1.54) is 6.07 Å². The molecule has 10 heteroatoms. The highest BCUT2D eigenvalue weighted by Crippen LogP contribution is 2.23. The van der Waals surface area contributed by atoms with E-state index >= 15 is 0 Å². The van der Waals surface area contributed by atoms with Crippen molar-refractivity contribution >= 4 is 21.7 Å². The molecule has 0 spiro atoms. The number of tetrazole rings is 1. The van der Waals surface area contributed by atoms with Gasteiger partial charge in [-0.25, -0.2) is 13.2 Å². The van der Waals surface area contributed by atoms with Crippen LogP contribution in [0.5, 0.6) is 0 Å². The van der Waals surface area contributed by atoms with Crippen molar-refractivity contribution in [2.45, 2.75) is 25.2 Å². The van der Waals surface area contributed by atoms with Gasteiger partial charge in [0.05, 0.1) is 10.5 Å². The van der Waals surface area contributed by atoms with Gasteiger partial charge in [0, 0.05) is 12.1 Å². The Labute approximate surface area is 155 Å². The second-order valence-corrected chi connectivity index (χ2v) is 7.70. The van der Waals surface area contributed by atoms with Crippen LogP contribution in [0.4, 0.5) is 5.69 Å². The Morgan fingerprint density at radius 2 is 1.85 bits per heavy atom. The van der Waals surface area contributed by atoms with E-state index < -0.39 is 16.0 Å². The number of carbonyl (C=O) groups is 1. The predicted octanol–water partition coefficient (Wildman–Crippen LogP) is 1.91. The Morgan fingerprint density at radius 1 is 1.15 bits per heavy atom. The molecule has 1 heterocycles. The number of nitrogens with one attached hydrogen (secondary N) is 2. The number of aromatic amines is 1. The number of aromatic nitrogens is 4. The first kappa shape index (κ1) is 18.5. The van der Waals surface area contributed by atoms with Crippen LogP contribution in [0.25, 0.3) is 0 Å². The third kappa shape index (κ3) is 4.11. The Kier molecular flexibility index (Phi) is 4.91. The summed E-state index contributed by atoms with van der Waals surface area (Å²) in [6.07, 6.45) is 0.461. The molecule has 0 radical (unpaired) electrons. The molecule has 140 valence electrons. The van der Waals surface area contributed by atoms with Gasteiger partial charge in [-0.1, -0.05) is 23.4 Å². The minimum atomic E-state index is -3.93. The van der Waals surface area contributed by atoms with Crippen LogP contribution < -0.4 is 4.72 Å². The van der Waals surface area contributed by atoms with Crippen molar-refractivity contribution in [3.63, 3.8) is 0 Å². The summed E-state index contributed by atoms with van der Waals surface area (Å²) in [7, 11) is -3.93. The zero-order valence-electron chi connectivity index (χ0n) is 14.6. The molecule has 9 nitrogen and oxygen atoms in total. The number of aryl methyl sites for hydroxylation is 2. The van der Waals surface area contributed by atoms with E-state index in [0.29, 0.717) is 29.1 Å². The number of anilines is 1. The summed E-state index contributed by atoms with van der Waals surface area (Å²) in [4.78, 5) is 11.2. The molecule has 1 aromatic heterocycles. The lowest BCUT2D eigenvalue weighted by Crippen LogP contribution is -2.16. The lowest BCUT2D eigenvalue weighted by atomic mass is 10.1. The quantitative estimate of drug-likeness (QED) is 0.587. The molecule has 3 N–H and O–H groups in total. The van der Waals surface area contributed by atoms with E-state index in [-0.39, 0.29) is 10.5 Å². The SMILES string of the molecule is Cc1cc(C)c(S(=O)(=O)Nc2ccc(Cc3nn[nH]n3)cc2)cc1C(=O)O. The molecule has 0 aliphatic rings. The van der Waals surface area contributed by atoms with Crippen LogP contribution in [0.15, 0.2) is 41.3 Å². The average Bonchev–Trinajstić information content (AvgIpc) is 3.09. The van der Waals surface area contributed by atoms with Crippen LogP contribution in [0.2, 0.25) is 0 Å². The molecule has 0 aliphatic heterocycles. The molecule has 0 saturated heterocycles. The maximum Gasteiger partial charge on any atom is 0.335 e. The molecule has 3 aromatic rings. The van der Waals surface area contributed by atoms with Gasteiger partial charge in [0.25, 0.3) is 10.0 Å². The Morgan fingerprint density at radius 3 is 2.44 bits per heavy atom. The van der Waals surface area contributed by atoms with E-state index in [2.05, 4.69) is 25.3 Å². The highest BCUT2D eigenvalue weighted by atomic mass is 32.2. The molecule has 0 bridgehead atoms. The second-order valence-electron chi connectivity index (χ2n) is 6.05. The lowest BCUT2D eigenvalue weighted by Gasteiger charge is -2.13. The molecule has 3 rings (SSSR count). The van der Waals surface area contributed by atoms with Crippen molar-refractivity contribution in [3.05, 3.63) is 64.5 Å². The largest absolute Gasteiger partial charge is 0.478 e. The van der Waals surface area contributed by atoms with E-state index in [0.717, 1.165) is 5.56 Å². The smallest absolute Gasteiger partial charge is 0.335 e. The number of rotatable bonds is 6. The molecule has 2 aromatic carbocycles. The number of H-pyrrole nitrogens is 1. The summed E-state index contributed by atoms with van der Waals surface area (Å²) in [5.41, 5.74) is 2.18. The number of nitrogens with zero attached hydrogens (tertiary/aromatic N) is 3. The summed E-state index contributed by atoms with van der Waals surface area (Å²) in [5, 5.41) is 22.8. The van der Waals surface area contributed by atoms with Gasteiger partial charge in [-0.05, 0) is 48.7 Å². The highest BCUT2D eigenvalue weighted by molar-refractivity contribution is 7.92. The molecular formula is C17H17N5O4S. The van der Waals surface area contributed by atoms with Crippen LogP contribution >= 0.6 is 0 Å². The molecular weight excluding hydrogens is 370 g/mol. The maximum absolute atomic E-state index is 12.7. The first-order chi connectivity index (χ1) is 12.8. The van der Waals surface area contributed by atoms with E-state index in [1.807, 2.05) is 0 Å². The standard InChI is InChI=1S/C17H17N5O4S/c1-10-7-11(2)15(9-14(10)17(23)24)27(25,26)20-13-5-3-12(4-6-13)8-16-18-21-22-19-16/h3-7,9,20H,8H2,1-2H3,(H,23,24)(H,18,19,21,22). The fourth-order valence-corrected chi connectivity index (χ4v) is 4.01. The number of aromatic carboxylic acids is 1. The van der Waals surface area contributed by atoms with Gasteiger partial charge in [0.2, 0.25) is 0 Å². The number of carboxylic acids is 1. The molecule has 0 saturated carbocycles. The maximum atomic E-state index is 12.7. The number of hydrogen-bond acceptors (Lipinski definition) is 6. The zero-order valence-corrected chi connectivity index (χ0v) is 15.4. The van der Waals surface area contributed by atoms with Gasteiger partial charge in [-0.3, -0.25) is 4.72 Å². The fraction of sp³-hybridized carbons (Fsp3) is 0.176. The fourth-order valence-electron chi connectivity index (χ4n) is 2.69. The molecule has 0 atom stereocenters. The molecule has 27 heavy (non-hydrogen) atoms. The Balaban J connectivity index is 1.84. The molecule has 0 fully saturated rings. The van der Waals surface area contributed by atoms with E-state index in [4.69, 9.17) is 0 Å². The molecule has 0 aliphatic carbocycles. The molecule has 0 amide bonds. The summed E-state index contributed by atoms with van der Waals surface area (Å²) in [6.45, 7) is 3.25. The van der Waals surface area contributed by atoms with Crippen molar-refractivity contribution in [2.75, 3.05) is 4.72 Å². The molecule has 0 unspecified atom stereocenters. The summed E-state index contributed by atoms with van der Waals surface area (Å²) < 4.78 is 27.9. The normalized spacial score (nSPS) is 11.3. The second kappa shape index (κ2) is 7.16. The van der Waals surface area contributed by atoms with Crippen LogP contribution in [-0.4, -0.2) is 40.1 Å². The summed E-state index contributed by atoms with van der Waals surface area (Å²) >= 11 is 0. The first-order valence-electron chi connectivity index (χ1n) is 7.95. The minimum Gasteiger partial charge on any atom is -0.478 e. The Hall–Kier alpha value is -3.27. The number of hydrogen-bond donors (Lipinski definition) is 3. The topological polar surface area (TPSA) is 138 Å². The van der Waals surface area contributed by atoms with Crippen molar-refractivity contribution in [1.82, 2.24) is 20.6 Å². The monoisotopic (exact) mass is 387 g/mol. The van der Waals surface area contributed by atoms with E-state index in [9.17, 15) is 18.3 Å². The third-order valence-electron chi connectivity index (χ3n) is 4.00. The first-order valence-corrected chi connectivity index (χ1v) is 9.43. The zero-order chi connectivity index (χ0) is 19.6. The minimum absolute atomic E-state index is 0.0450. The van der Waals surface area contributed by atoms with Gasteiger partial charge in [-0.15, -0.1) is 10.2 Å². The number of carboxylic acid groups (broad SMARTS) is 1. The van der Waals surface area contributed by atoms with E-state index in [1.54, 1.807) is 44.2 Å². The van der Waals surface area contributed by atoms with Gasteiger partial charge >= 0.3 is 5.97 Å². The van der Waals surface area contributed by atoms with Crippen molar-refractivity contribution in [3.8, 4) is 0 Å². The van der Waals surface area contributed by atoms with Crippen LogP contribution in [-0.2, 0) is 16.4 Å². The van der Waals surface area contributed by atoms with Gasteiger partial charge < -0.3 is 5.11 Å². The van der Waals surface area contributed by atoms with Crippen molar-refractivity contribution in [2.24, 2.45) is 0 Å². The van der Waals surface area contributed by atoms with Gasteiger partial charge in [0.1, 0.15) is 0 Å². The summed E-state index contributed by atoms with van der Waals surface area (Å²) in [5.74, 6) is -0.644. The highest BCUT2D eigenvalue weighted by Gasteiger charge is 2.21. The summed E-state index contributed by atoms with van der Waals surface area (Å²) in [6, 6.07) is 9.47. The van der Waals surface area contributed by atoms with Crippen LogP contribution in [0, 0.1) is 13.8 Å². The number of benzene rings is 2. The number of sulfonamides is 1. The third-order valence-corrected chi connectivity index (χ3v) is 5.52. The Bertz CT molecular complexity index is 1080. The van der Waals surface area contributed by atoms with Gasteiger partial charge in [-0.2, -0.15) is 5.21 Å². The average molecular weight is 387 g/mol. The van der Waals surface area contributed by atoms with Crippen molar-refractivity contribution < 1.29 is 18.3 Å². The van der Waals surface area contributed by atoms with Crippen LogP contribution in [0.3, 0.4) is 0 Å². The lowest BCUT2D eigenvalue weighted by molar-refractivity contribution is 0.0696. The van der Waals surface area contributed by atoms with Crippen LogP contribution in [0.1, 0.15) is 32.9 Å². The van der Waals surface area contributed by atoms with Crippen molar-refractivity contribution in [1.29, 1.82) is 0 Å². The van der Waals surface area contributed by atoms with Gasteiger partial charge in [0.15, 0.2) is 5.82 Å². The predicted molar refractivity (Wildman–Crippen MR) is 97.1 cm³/mol.